The second-order valence-electron chi connectivity index (χ2n) is 4.85. The van der Waals surface area contributed by atoms with Crippen LogP contribution in [-0.2, 0) is 0 Å². The molecule has 1 aliphatic rings. The van der Waals surface area contributed by atoms with Gasteiger partial charge >= 0.3 is 0 Å². The predicted octanol–water partition coefficient (Wildman–Crippen LogP) is 3.86. The summed E-state index contributed by atoms with van der Waals surface area (Å²) in [5.41, 5.74) is 1.09. The summed E-state index contributed by atoms with van der Waals surface area (Å²) in [6, 6.07) is 10.2. The number of hydrogen-bond donors (Lipinski definition) is 2. The van der Waals surface area contributed by atoms with Crippen LogP contribution in [0.2, 0.25) is 0 Å². The Morgan fingerprint density at radius 2 is 1.90 bits per heavy atom. The Morgan fingerprint density at radius 3 is 2.60 bits per heavy atom. The molecule has 1 aromatic heterocycles. The lowest BCUT2D eigenvalue weighted by molar-refractivity contribution is 0.932. The van der Waals surface area contributed by atoms with E-state index in [1.807, 2.05) is 25.2 Å². The van der Waals surface area contributed by atoms with Crippen molar-refractivity contribution in [1.29, 1.82) is 0 Å². The van der Waals surface area contributed by atoms with E-state index < -0.39 is 0 Å². The van der Waals surface area contributed by atoms with Gasteiger partial charge in [-0.3, -0.25) is 0 Å². The topological polar surface area (TPSA) is 49.8 Å². The summed E-state index contributed by atoms with van der Waals surface area (Å²) in [6.07, 6.45) is 4.48. The lowest BCUT2D eigenvalue weighted by Gasteiger charge is -2.12. The number of benzene rings is 1. The molecule has 2 N–H and O–H groups in total. The highest BCUT2D eigenvalue weighted by Crippen LogP contribution is 2.39. The Kier molecular flexibility index (Phi) is 3.78. The van der Waals surface area contributed by atoms with Gasteiger partial charge in [0.1, 0.15) is 17.5 Å². The van der Waals surface area contributed by atoms with Gasteiger partial charge in [-0.25, -0.2) is 9.97 Å². The van der Waals surface area contributed by atoms with E-state index in [0.29, 0.717) is 5.92 Å². The Bertz CT molecular complexity index is 611. The first-order chi connectivity index (χ1) is 9.80. The molecule has 0 bridgehead atoms. The molecule has 0 unspecified atom stereocenters. The van der Waals surface area contributed by atoms with E-state index in [1.165, 1.54) is 17.7 Å². The molecule has 0 radical (unpaired) electrons. The number of rotatable bonds is 5. The van der Waals surface area contributed by atoms with Crippen molar-refractivity contribution in [3.05, 3.63) is 36.2 Å². The zero-order valence-electron chi connectivity index (χ0n) is 11.7. The molecule has 0 saturated heterocycles. The minimum Gasteiger partial charge on any atom is -0.373 e. The molecule has 1 fully saturated rings. The Labute approximate surface area is 123 Å². The molecule has 2 aromatic rings. The Morgan fingerprint density at radius 1 is 1.15 bits per heavy atom. The lowest BCUT2D eigenvalue weighted by Crippen LogP contribution is -2.03. The van der Waals surface area contributed by atoms with Gasteiger partial charge < -0.3 is 10.6 Å². The van der Waals surface area contributed by atoms with Crippen LogP contribution >= 0.6 is 11.8 Å². The Balaban J connectivity index is 1.91. The first-order valence-electron chi connectivity index (χ1n) is 6.77. The number of hydrogen-bond acceptors (Lipinski definition) is 5. The van der Waals surface area contributed by atoms with Gasteiger partial charge in [0.15, 0.2) is 0 Å². The van der Waals surface area contributed by atoms with Crippen LogP contribution in [-0.4, -0.2) is 23.3 Å². The van der Waals surface area contributed by atoms with E-state index in [1.54, 1.807) is 11.8 Å². The van der Waals surface area contributed by atoms with Crippen molar-refractivity contribution in [2.75, 3.05) is 23.9 Å². The zero-order valence-corrected chi connectivity index (χ0v) is 12.5. The quantitative estimate of drug-likeness (QED) is 0.817. The van der Waals surface area contributed by atoms with Gasteiger partial charge in [-0.05, 0) is 31.2 Å². The minimum absolute atomic E-state index is 0.541. The highest BCUT2D eigenvalue weighted by atomic mass is 32.2. The van der Waals surface area contributed by atoms with Crippen LogP contribution in [0.1, 0.15) is 24.6 Å². The van der Waals surface area contributed by atoms with E-state index >= 15 is 0 Å². The summed E-state index contributed by atoms with van der Waals surface area (Å²) in [6.45, 7) is 0. The second-order valence-corrected chi connectivity index (χ2v) is 5.69. The molecule has 0 amide bonds. The number of nitrogens with zero attached hydrogens (tertiary/aromatic N) is 2. The molecule has 3 rings (SSSR count). The average molecular weight is 286 g/mol. The molecule has 0 aliphatic heterocycles. The van der Waals surface area contributed by atoms with Gasteiger partial charge in [0.05, 0.1) is 5.69 Å². The maximum Gasteiger partial charge on any atom is 0.136 e. The van der Waals surface area contributed by atoms with Crippen molar-refractivity contribution in [2.24, 2.45) is 0 Å². The van der Waals surface area contributed by atoms with Crippen LogP contribution in [0.15, 0.2) is 35.2 Å². The van der Waals surface area contributed by atoms with Crippen LogP contribution < -0.4 is 10.6 Å². The third kappa shape index (κ3) is 2.88. The number of aromatic nitrogens is 2. The molecule has 1 heterocycles. The van der Waals surface area contributed by atoms with Gasteiger partial charge in [0, 0.05) is 23.9 Å². The maximum atomic E-state index is 4.64. The molecule has 0 atom stereocenters. The fourth-order valence-corrected chi connectivity index (χ4v) is 2.62. The molecular formula is C15H18N4S. The van der Waals surface area contributed by atoms with Crippen LogP contribution in [0.3, 0.4) is 0 Å². The second kappa shape index (κ2) is 5.71. The lowest BCUT2D eigenvalue weighted by atomic mass is 10.3. The first-order valence-corrected chi connectivity index (χ1v) is 7.99. The van der Waals surface area contributed by atoms with Crippen molar-refractivity contribution >= 4 is 29.1 Å². The number of thioether (sulfide) groups is 1. The highest BCUT2D eigenvalue weighted by molar-refractivity contribution is 7.98. The van der Waals surface area contributed by atoms with E-state index in [2.05, 4.69) is 39.0 Å². The highest BCUT2D eigenvalue weighted by Gasteiger charge is 2.27. The standard InChI is InChI=1S/C15H18N4S/c1-16-13-9-14(19-15(18-13)10-7-8-10)17-11-5-3-4-6-12(11)20-2/h3-6,9-10H,7-8H2,1-2H3,(H2,16,17,18,19). The summed E-state index contributed by atoms with van der Waals surface area (Å²) < 4.78 is 0. The van der Waals surface area contributed by atoms with Crippen LogP contribution in [0, 0.1) is 0 Å². The SMILES string of the molecule is CNc1cc(Nc2ccccc2SC)nc(C2CC2)n1. The fraction of sp³-hybridized carbons (Fsp3) is 0.333. The van der Waals surface area contributed by atoms with Crippen LogP contribution in [0.5, 0.6) is 0 Å². The molecular weight excluding hydrogens is 268 g/mol. The van der Waals surface area contributed by atoms with Gasteiger partial charge in [-0.15, -0.1) is 11.8 Å². The molecule has 20 heavy (non-hydrogen) atoms. The summed E-state index contributed by atoms with van der Waals surface area (Å²) in [5.74, 6) is 3.21. The molecule has 104 valence electrons. The van der Waals surface area contributed by atoms with E-state index in [9.17, 15) is 0 Å². The smallest absolute Gasteiger partial charge is 0.136 e. The predicted molar refractivity (Wildman–Crippen MR) is 85.1 cm³/mol. The van der Waals surface area contributed by atoms with Gasteiger partial charge in [-0.2, -0.15) is 0 Å². The third-order valence-electron chi connectivity index (χ3n) is 3.31. The van der Waals surface area contributed by atoms with Crippen LogP contribution in [0.4, 0.5) is 17.3 Å². The summed E-state index contributed by atoms with van der Waals surface area (Å²) in [7, 11) is 1.89. The van der Waals surface area contributed by atoms with E-state index in [0.717, 1.165) is 23.1 Å². The first kappa shape index (κ1) is 13.2. The van der Waals surface area contributed by atoms with Gasteiger partial charge in [0.2, 0.25) is 0 Å². The molecule has 0 spiro atoms. The average Bonchev–Trinajstić information content (AvgIpc) is 3.32. The number of nitrogens with one attached hydrogen (secondary N) is 2. The van der Waals surface area contributed by atoms with Crippen molar-refractivity contribution < 1.29 is 0 Å². The summed E-state index contributed by atoms with van der Waals surface area (Å²) >= 11 is 1.73. The normalized spacial score (nSPS) is 14.1. The number of anilines is 3. The zero-order chi connectivity index (χ0) is 13.9. The molecule has 1 saturated carbocycles. The van der Waals surface area contributed by atoms with Gasteiger partial charge in [-0.1, -0.05) is 12.1 Å². The van der Waals surface area contributed by atoms with Crippen LogP contribution in [0.25, 0.3) is 0 Å². The maximum absolute atomic E-state index is 4.64. The summed E-state index contributed by atoms with van der Waals surface area (Å²) in [4.78, 5) is 10.4. The Hall–Kier alpha value is -1.75. The third-order valence-corrected chi connectivity index (χ3v) is 4.11. The molecule has 1 aromatic carbocycles. The molecule has 5 heteroatoms. The van der Waals surface area contributed by atoms with Crippen molar-refractivity contribution in [1.82, 2.24) is 9.97 Å². The van der Waals surface area contributed by atoms with E-state index in [4.69, 9.17) is 0 Å². The fourth-order valence-electron chi connectivity index (χ4n) is 2.07. The van der Waals surface area contributed by atoms with E-state index in [-0.39, 0.29) is 0 Å². The molecule has 4 nitrogen and oxygen atoms in total. The monoisotopic (exact) mass is 286 g/mol. The van der Waals surface area contributed by atoms with Crippen molar-refractivity contribution in [2.45, 2.75) is 23.7 Å². The van der Waals surface area contributed by atoms with Gasteiger partial charge in [0.25, 0.3) is 0 Å². The molecule has 1 aliphatic carbocycles. The van der Waals surface area contributed by atoms with Crippen molar-refractivity contribution in [3.63, 3.8) is 0 Å². The van der Waals surface area contributed by atoms with Crippen molar-refractivity contribution in [3.8, 4) is 0 Å². The summed E-state index contributed by atoms with van der Waals surface area (Å²) in [5, 5.41) is 6.52. The minimum atomic E-state index is 0.541. The number of para-hydroxylation sites is 1. The largest absolute Gasteiger partial charge is 0.373 e.